The second kappa shape index (κ2) is 6.12. The van der Waals surface area contributed by atoms with Crippen LogP contribution in [0.1, 0.15) is 29.6 Å². The Bertz CT molecular complexity index is 653. The number of hydrogen-bond donors (Lipinski definition) is 0. The lowest BCUT2D eigenvalue weighted by Gasteiger charge is -2.19. The van der Waals surface area contributed by atoms with Crippen LogP contribution in [0.3, 0.4) is 0 Å². The van der Waals surface area contributed by atoms with Crippen molar-refractivity contribution in [1.82, 2.24) is 15.0 Å². The SMILES string of the molecule is O=C([C@@H]1CCOC1)N1C[C@H](c2ccccc2)[C@@H](c2ncon2)C1. The molecule has 1 aromatic carbocycles. The molecular formula is C17H19N3O3. The lowest BCUT2D eigenvalue weighted by atomic mass is 9.88. The molecule has 0 radical (unpaired) electrons. The van der Waals surface area contributed by atoms with Gasteiger partial charge in [-0.2, -0.15) is 4.98 Å². The second-order valence-electron chi connectivity index (χ2n) is 6.22. The van der Waals surface area contributed by atoms with E-state index in [0.29, 0.717) is 32.1 Å². The van der Waals surface area contributed by atoms with Crippen LogP contribution < -0.4 is 0 Å². The third-order valence-electron chi connectivity index (χ3n) is 4.85. The van der Waals surface area contributed by atoms with Crippen LogP contribution in [0, 0.1) is 5.92 Å². The lowest BCUT2D eigenvalue weighted by molar-refractivity contribution is -0.134. The first-order valence-electron chi connectivity index (χ1n) is 8.00. The zero-order chi connectivity index (χ0) is 15.6. The Morgan fingerprint density at radius 3 is 2.70 bits per heavy atom. The van der Waals surface area contributed by atoms with Crippen molar-refractivity contribution in [3.05, 3.63) is 48.1 Å². The van der Waals surface area contributed by atoms with Crippen molar-refractivity contribution in [2.75, 3.05) is 26.3 Å². The van der Waals surface area contributed by atoms with Crippen molar-refractivity contribution in [2.24, 2.45) is 5.92 Å². The topological polar surface area (TPSA) is 68.5 Å². The molecule has 0 spiro atoms. The van der Waals surface area contributed by atoms with Crippen LogP contribution in [0.2, 0.25) is 0 Å². The van der Waals surface area contributed by atoms with Crippen molar-refractivity contribution >= 4 is 5.91 Å². The van der Waals surface area contributed by atoms with Crippen molar-refractivity contribution in [1.29, 1.82) is 0 Å². The number of carbonyl (C=O) groups is 1. The highest BCUT2D eigenvalue weighted by atomic mass is 16.5. The number of rotatable bonds is 3. The quantitative estimate of drug-likeness (QED) is 0.864. The molecular weight excluding hydrogens is 294 g/mol. The number of ether oxygens (including phenoxy) is 1. The van der Waals surface area contributed by atoms with Crippen LogP contribution in [-0.2, 0) is 9.53 Å². The van der Waals surface area contributed by atoms with Gasteiger partial charge in [-0.1, -0.05) is 35.5 Å². The van der Waals surface area contributed by atoms with Gasteiger partial charge in [0.05, 0.1) is 12.5 Å². The number of aromatic nitrogens is 2. The zero-order valence-corrected chi connectivity index (χ0v) is 12.8. The van der Waals surface area contributed by atoms with Gasteiger partial charge in [0, 0.05) is 31.5 Å². The Morgan fingerprint density at radius 1 is 1.17 bits per heavy atom. The van der Waals surface area contributed by atoms with Crippen molar-refractivity contribution in [3.63, 3.8) is 0 Å². The van der Waals surface area contributed by atoms with Gasteiger partial charge in [-0.05, 0) is 12.0 Å². The van der Waals surface area contributed by atoms with Gasteiger partial charge >= 0.3 is 0 Å². The minimum atomic E-state index is -0.00422. The lowest BCUT2D eigenvalue weighted by Crippen LogP contribution is -2.34. The Kier molecular flexibility index (Phi) is 3.83. The summed E-state index contributed by atoms with van der Waals surface area (Å²) in [6.07, 6.45) is 2.17. The summed E-state index contributed by atoms with van der Waals surface area (Å²) in [6.45, 7) is 2.55. The van der Waals surface area contributed by atoms with E-state index in [0.717, 1.165) is 6.42 Å². The third kappa shape index (κ3) is 2.74. The summed E-state index contributed by atoms with van der Waals surface area (Å²) >= 11 is 0. The highest BCUT2D eigenvalue weighted by molar-refractivity contribution is 5.79. The van der Waals surface area contributed by atoms with E-state index in [1.54, 1.807) is 0 Å². The highest BCUT2D eigenvalue weighted by Gasteiger charge is 2.41. The molecule has 0 bridgehead atoms. The van der Waals surface area contributed by atoms with Gasteiger partial charge in [0.2, 0.25) is 12.3 Å². The molecule has 2 aliphatic heterocycles. The Hall–Kier alpha value is -2.21. The van der Waals surface area contributed by atoms with Crippen molar-refractivity contribution in [2.45, 2.75) is 18.3 Å². The van der Waals surface area contributed by atoms with E-state index in [9.17, 15) is 4.79 Å². The number of likely N-dealkylation sites (tertiary alicyclic amines) is 1. The van der Waals surface area contributed by atoms with Gasteiger partial charge in [-0.25, -0.2) is 0 Å². The van der Waals surface area contributed by atoms with E-state index in [1.807, 2.05) is 23.1 Å². The standard InChI is InChI=1S/C17H19N3O3/c21-17(13-6-7-22-10-13)20-8-14(12-4-2-1-3-5-12)15(9-20)16-18-11-23-19-16/h1-5,11,13-15H,6-10H2/t13-,14-,15+/m1/s1. The molecule has 6 nitrogen and oxygen atoms in total. The number of nitrogens with zero attached hydrogens (tertiary/aromatic N) is 3. The molecule has 0 saturated carbocycles. The maximum Gasteiger partial charge on any atom is 0.228 e. The number of carbonyl (C=O) groups excluding carboxylic acids is 1. The molecule has 1 aromatic heterocycles. The fourth-order valence-electron chi connectivity index (χ4n) is 3.61. The fourth-order valence-corrected chi connectivity index (χ4v) is 3.61. The first kappa shape index (κ1) is 14.4. The summed E-state index contributed by atoms with van der Waals surface area (Å²) < 4.78 is 10.3. The second-order valence-corrected chi connectivity index (χ2v) is 6.22. The Morgan fingerprint density at radius 2 is 2.00 bits per heavy atom. The molecule has 6 heteroatoms. The first-order valence-corrected chi connectivity index (χ1v) is 8.00. The normalized spacial score (nSPS) is 27.5. The van der Waals surface area contributed by atoms with Crippen LogP contribution in [0.15, 0.2) is 41.2 Å². The van der Waals surface area contributed by atoms with Crippen molar-refractivity contribution < 1.29 is 14.1 Å². The highest BCUT2D eigenvalue weighted by Crippen LogP contribution is 2.39. The molecule has 0 N–H and O–H groups in total. The average molecular weight is 313 g/mol. The summed E-state index contributed by atoms with van der Waals surface area (Å²) in [6, 6.07) is 10.3. The third-order valence-corrected chi connectivity index (χ3v) is 4.85. The number of hydrogen-bond acceptors (Lipinski definition) is 5. The van der Waals surface area contributed by atoms with Crippen LogP contribution in [-0.4, -0.2) is 47.3 Å². The number of amides is 1. The summed E-state index contributed by atoms with van der Waals surface area (Å²) in [7, 11) is 0. The molecule has 0 unspecified atom stereocenters. The van der Waals surface area contributed by atoms with Gasteiger partial charge in [0.15, 0.2) is 5.82 Å². The van der Waals surface area contributed by atoms with E-state index < -0.39 is 0 Å². The summed E-state index contributed by atoms with van der Waals surface area (Å²) in [5, 5.41) is 4.02. The maximum atomic E-state index is 12.7. The van der Waals surface area contributed by atoms with E-state index in [4.69, 9.17) is 9.26 Å². The molecule has 2 fully saturated rings. The smallest absolute Gasteiger partial charge is 0.228 e. The van der Waals surface area contributed by atoms with E-state index in [2.05, 4.69) is 22.3 Å². The van der Waals surface area contributed by atoms with E-state index in [-0.39, 0.29) is 23.7 Å². The molecule has 3 heterocycles. The Balaban J connectivity index is 1.59. The molecule has 1 amide bonds. The molecule has 0 aliphatic carbocycles. The summed E-state index contributed by atoms with van der Waals surface area (Å²) in [5.74, 6) is 1.13. The molecule has 23 heavy (non-hydrogen) atoms. The summed E-state index contributed by atoms with van der Waals surface area (Å²) in [4.78, 5) is 18.9. The minimum Gasteiger partial charge on any atom is -0.381 e. The van der Waals surface area contributed by atoms with Crippen LogP contribution >= 0.6 is 0 Å². The van der Waals surface area contributed by atoms with Gasteiger partial charge < -0.3 is 14.2 Å². The first-order chi connectivity index (χ1) is 11.3. The molecule has 120 valence electrons. The van der Waals surface area contributed by atoms with Crippen LogP contribution in [0.4, 0.5) is 0 Å². The predicted molar refractivity (Wildman–Crippen MR) is 81.7 cm³/mol. The average Bonchev–Trinajstić information content (AvgIpc) is 3.35. The number of benzene rings is 1. The predicted octanol–water partition coefficient (Wildman–Crippen LogP) is 1.82. The van der Waals surface area contributed by atoms with Crippen LogP contribution in [0.5, 0.6) is 0 Å². The maximum absolute atomic E-state index is 12.7. The molecule has 3 atom stereocenters. The summed E-state index contributed by atoms with van der Waals surface area (Å²) in [5.41, 5.74) is 1.21. The molecule has 4 rings (SSSR count). The monoisotopic (exact) mass is 313 g/mol. The molecule has 2 saturated heterocycles. The van der Waals surface area contributed by atoms with Gasteiger partial charge in [0.1, 0.15) is 0 Å². The van der Waals surface area contributed by atoms with Crippen molar-refractivity contribution in [3.8, 4) is 0 Å². The molecule has 2 aliphatic rings. The van der Waals surface area contributed by atoms with E-state index in [1.165, 1.54) is 12.0 Å². The van der Waals surface area contributed by atoms with Crippen LogP contribution in [0.25, 0.3) is 0 Å². The Labute approximate surface area is 134 Å². The van der Waals surface area contributed by atoms with Gasteiger partial charge in [0.25, 0.3) is 0 Å². The largest absolute Gasteiger partial charge is 0.381 e. The molecule has 2 aromatic rings. The van der Waals surface area contributed by atoms with Gasteiger partial charge in [-0.15, -0.1) is 0 Å². The zero-order valence-electron chi connectivity index (χ0n) is 12.8. The van der Waals surface area contributed by atoms with E-state index >= 15 is 0 Å². The van der Waals surface area contributed by atoms with Gasteiger partial charge in [-0.3, -0.25) is 4.79 Å². The minimum absolute atomic E-state index is 0.00422. The fraction of sp³-hybridized carbons (Fsp3) is 0.471.